The van der Waals surface area contributed by atoms with Gasteiger partial charge in [0.15, 0.2) is 0 Å². The molecule has 1 saturated heterocycles. The molecule has 1 aromatic carbocycles. The lowest BCUT2D eigenvalue weighted by Gasteiger charge is -2.52. The largest absolute Gasteiger partial charge is 0.497 e. The summed E-state index contributed by atoms with van der Waals surface area (Å²) in [6.07, 6.45) is 5.66. The van der Waals surface area contributed by atoms with Crippen LogP contribution < -0.4 is 4.74 Å². The summed E-state index contributed by atoms with van der Waals surface area (Å²) in [5.74, 6) is 1.66. The van der Waals surface area contributed by atoms with E-state index in [1.54, 1.807) is 7.11 Å². The van der Waals surface area contributed by atoms with Crippen molar-refractivity contribution in [3.63, 3.8) is 0 Å². The quantitative estimate of drug-likeness (QED) is 0.762. The maximum atomic E-state index is 12.6. The van der Waals surface area contributed by atoms with Crippen LogP contribution in [0.5, 0.6) is 5.75 Å². The summed E-state index contributed by atoms with van der Waals surface area (Å²) in [4.78, 5) is 26.3. The van der Waals surface area contributed by atoms with Crippen LogP contribution in [0.15, 0.2) is 24.3 Å². The highest BCUT2D eigenvalue weighted by molar-refractivity contribution is 5.81. The molecule has 5 heteroatoms. The van der Waals surface area contributed by atoms with Gasteiger partial charge in [-0.25, -0.2) is 0 Å². The molecule has 3 fully saturated rings. The van der Waals surface area contributed by atoms with Crippen LogP contribution in [-0.2, 0) is 19.7 Å². The fourth-order valence-corrected chi connectivity index (χ4v) is 5.16. The second-order valence-electron chi connectivity index (χ2n) is 8.41. The first-order valence-corrected chi connectivity index (χ1v) is 10.1. The van der Waals surface area contributed by atoms with Crippen LogP contribution in [0.4, 0.5) is 0 Å². The number of piperidine rings is 1. The van der Waals surface area contributed by atoms with Crippen molar-refractivity contribution in [1.82, 2.24) is 4.90 Å². The first kappa shape index (κ1) is 18.3. The molecule has 0 bridgehead atoms. The summed E-state index contributed by atoms with van der Waals surface area (Å²) in [5, 5.41) is 0. The van der Waals surface area contributed by atoms with Crippen LogP contribution in [0.3, 0.4) is 0 Å². The number of benzene rings is 1. The smallest absolute Gasteiger partial charge is 0.302 e. The second kappa shape index (κ2) is 7.17. The van der Waals surface area contributed by atoms with Crippen molar-refractivity contribution < 1.29 is 19.1 Å². The topological polar surface area (TPSA) is 55.8 Å². The molecule has 27 heavy (non-hydrogen) atoms. The molecule has 0 radical (unpaired) electrons. The molecule has 2 saturated carbocycles. The van der Waals surface area contributed by atoms with Crippen LogP contribution in [0, 0.1) is 11.8 Å². The van der Waals surface area contributed by atoms with Crippen LogP contribution in [-0.4, -0.2) is 43.1 Å². The van der Waals surface area contributed by atoms with Gasteiger partial charge in [0.05, 0.1) is 7.11 Å². The molecule has 0 spiro atoms. The van der Waals surface area contributed by atoms with Crippen molar-refractivity contribution in [2.75, 3.05) is 20.2 Å². The molecule has 0 aromatic heterocycles. The van der Waals surface area contributed by atoms with Gasteiger partial charge in [-0.15, -0.1) is 0 Å². The van der Waals surface area contributed by atoms with Gasteiger partial charge in [0.1, 0.15) is 11.9 Å². The molecule has 3 atom stereocenters. The van der Waals surface area contributed by atoms with E-state index in [0.29, 0.717) is 11.8 Å². The highest BCUT2D eigenvalue weighted by atomic mass is 16.5. The highest BCUT2D eigenvalue weighted by Crippen LogP contribution is 2.50. The number of methoxy groups -OCH3 is 1. The van der Waals surface area contributed by atoms with Crippen LogP contribution in [0.1, 0.15) is 51.0 Å². The van der Waals surface area contributed by atoms with E-state index in [9.17, 15) is 9.59 Å². The second-order valence-corrected chi connectivity index (χ2v) is 8.41. The van der Waals surface area contributed by atoms with Crippen molar-refractivity contribution in [2.24, 2.45) is 11.8 Å². The summed E-state index contributed by atoms with van der Waals surface area (Å²) in [6, 6.07) is 8.30. The van der Waals surface area contributed by atoms with Crippen molar-refractivity contribution in [3.05, 3.63) is 29.8 Å². The van der Waals surface area contributed by atoms with Gasteiger partial charge in [0.25, 0.3) is 0 Å². The van der Waals surface area contributed by atoms with Crippen molar-refractivity contribution >= 4 is 11.9 Å². The van der Waals surface area contributed by atoms with E-state index in [1.807, 2.05) is 12.1 Å². The van der Waals surface area contributed by atoms with Gasteiger partial charge in [0, 0.05) is 31.3 Å². The number of carbonyl (C=O) groups is 2. The molecule has 4 rings (SSSR count). The molecular weight excluding hydrogens is 342 g/mol. The van der Waals surface area contributed by atoms with E-state index in [1.165, 1.54) is 12.5 Å². The maximum absolute atomic E-state index is 12.6. The average Bonchev–Trinajstić information content (AvgIpc) is 3.51. The predicted octanol–water partition coefficient (Wildman–Crippen LogP) is 3.31. The number of fused-ring (bicyclic) bond motifs is 1. The molecule has 1 amide bonds. The lowest BCUT2D eigenvalue weighted by atomic mass is 9.58. The van der Waals surface area contributed by atoms with E-state index >= 15 is 0 Å². The average molecular weight is 371 g/mol. The Morgan fingerprint density at radius 2 is 2.00 bits per heavy atom. The Balaban J connectivity index is 1.63. The fourth-order valence-electron chi connectivity index (χ4n) is 5.16. The summed E-state index contributed by atoms with van der Waals surface area (Å²) < 4.78 is 11.1. The zero-order valence-corrected chi connectivity index (χ0v) is 16.3. The van der Waals surface area contributed by atoms with E-state index in [0.717, 1.165) is 57.4 Å². The molecule has 5 nitrogen and oxygen atoms in total. The minimum atomic E-state index is -0.208. The van der Waals surface area contributed by atoms with Gasteiger partial charge in [0.2, 0.25) is 5.91 Å². The predicted molar refractivity (Wildman–Crippen MR) is 101 cm³/mol. The fraction of sp³-hybridized carbons (Fsp3) is 0.636. The Hall–Kier alpha value is -2.04. The number of rotatable bonds is 4. The molecule has 1 heterocycles. The lowest BCUT2D eigenvalue weighted by molar-refractivity contribution is -0.151. The van der Waals surface area contributed by atoms with Gasteiger partial charge < -0.3 is 14.4 Å². The van der Waals surface area contributed by atoms with Crippen molar-refractivity contribution in [3.8, 4) is 5.75 Å². The summed E-state index contributed by atoms with van der Waals surface area (Å²) in [7, 11) is 1.69. The summed E-state index contributed by atoms with van der Waals surface area (Å²) in [6.45, 7) is 3.09. The molecule has 3 unspecified atom stereocenters. The zero-order valence-electron chi connectivity index (χ0n) is 16.3. The van der Waals surface area contributed by atoms with Crippen LogP contribution in [0.25, 0.3) is 0 Å². The van der Waals surface area contributed by atoms with E-state index in [2.05, 4.69) is 17.0 Å². The number of ether oxygens (including phenoxy) is 2. The third kappa shape index (κ3) is 3.56. The molecule has 1 aromatic rings. The first-order chi connectivity index (χ1) is 13.0. The molecule has 3 aliphatic rings. The van der Waals surface area contributed by atoms with E-state index in [4.69, 9.17) is 9.47 Å². The number of hydrogen-bond donors (Lipinski definition) is 0. The number of carbonyl (C=O) groups excluding carboxylic acids is 2. The number of amides is 1. The number of likely N-dealkylation sites (tertiary alicyclic amines) is 1. The Morgan fingerprint density at radius 3 is 2.70 bits per heavy atom. The first-order valence-electron chi connectivity index (χ1n) is 10.1. The van der Waals surface area contributed by atoms with Gasteiger partial charge in [-0.2, -0.15) is 0 Å². The number of hydrogen-bond acceptors (Lipinski definition) is 4. The summed E-state index contributed by atoms with van der Waals surface area (Å²) >= 11 is 0. The van der Waals surface area contributed by atoms with Crippen LogP contribution >= 0.6 is 0 Å². The third-order valence-corrected chi connectivity index (χ3v) is 6.69. The van der Waals surface area contributed by atoms with Gasteiger partial charge >= 0.3 is 5.97 Å². The Labute approximate surface area is 161 Å². The Bertz CT molecular complexity index is 729. The SMILES string of the molecule is COc1cccc(C23CCN(C(=O)C4CC4)CC2CCC(OC(C)=O)C3)c1. The normalized spacial score (nSPS) is 30.4. The van der Waals surface area contributed by atoms with E-state index < -0.39 is 0 Å². The third-order valence-electron chi connectivity index (χ3n) is 6.69. The zero-order chi connectivity index (χ0) is 19.0. The Kier molecular flexibility index (Phi) is 4.87. The summed E-state index contributed by atoms with van der Waals surface area (Å²) in [5.41, 5.74) is 1.19. The monoisotopic (exact) mass is 371 g/mol. The van der Waals surface area contributed by atoms with E-state index in [-0.39, 0.29) is 23.4 Å². The molecular formula is C22H29NO4. The van der Waals surface area contributed by atoms with Crippen LogP contribution in [0.2, 0.25) is 0 Å². The molecule has 0 N–H and O–H groups in total. The molecule has 2 aliphatic carbocycles. The minimum Gasteiger partial charge on any atom is -0.497 e. The lowest BCUT2D eigenvalue weighted by Crippen LogP contribution is -2.55. The minimum absolute atomic E-state index is 0.0457. The molecule has 1 aliphatic heterocycles. The van der Waals surface area contributed by atoms with Crippen molar-refractivity contribution in [2.45, 2.75) is 57.0 Å². The number of esters is 1. The standard InChI is InChI=1S/C22H29NO4/c1-15(24)27-20-9-8-18-14-23(21(25)16-6-7-16)11-10-22(18,13-20)17-4-3-5-19(12-17)26-2/h3-5,12,16,18,20H,6-11,13-14H2,1-2H3. The number of nitrogens with zero attached hydrogens (tertiary/aromatic N) is 1. The van der Waals surface area contributed by atoms with Crippen molar-refractivity contribution in [1.29, 1.82) is 0 Å². The van der Waals surface area contributed by atoms with Gasteiger partial charge in [-0.05, 0) is 62.1 Å². The van der Waals surface area contributed by atoms with Gasteiger partial charge in [-0.1, -0.05) is 12.1 Å². The molecule has 146 valence electrons. The van der Waals surface area contributed by atoms with Gasteiger partial charge in [-0.3, -0.25) is 9.59 Å². The Morgan fingerprint density at radius 1 is 1.19 bits per heavy atom. The maximum Gasteiger partial charge on any atom is 0.302 e. The highest BCUT2D eigenvalue weighted by Gasteiger charge is 2.50.